The first-order chi connectivity index (χ1) is 7.99. The third-order valence-electron chi connectivity index (χ3n) is 3.91. The number of phenols is 2. The standard InChI is InChI=1S/C15H16O2/c1-15(2)6-5-11-13(17)4-3-9-7-10(16)8-12(15)14(9)11/h3-4,7-8,16-17H,5-6H2,1-2H3. The molecule has 3 rings (SSSR count). The molecule has 2 heteroatoms. The van der Waals surface area contributed by atoms with Crippen molar-refractivity contribution in [2.45, 2.75) is 32.1 Å². The highest BCUT2D eigenvalue weighted by molar-refractivity contribution is 5.93. The Bertz CT molecular complexity index is 612. The second-order valence-corrected chi connectivity index (χ2v) is 5.54. The van der Waals surface area contributed by atoms with E-state index in [0.29, 0.717) is 11.5 Å². The summed E-state index contributed by atoms with van der Waals surface area (Å²) in [7, 11) is 0. The Kier molecular flexibility index (Phi) is 1.94. The van der Waals surface area contributed by atoms with E-state index in [4.69, 9.17) is 0 Å². The zero-order valence-corrected chi connectivity index (χ0v) is 10.1. The minimum absolute atomic E-state index is 0.0534. The van der Waals surface area contributed by atoms with Gasteiger partial charge >= 0.3 is 0 Å². The molecule has 0 spiro atoms. The highest BCUT2D eigenvalue weighted by Gasteiger charge is 2.30. The molecule has 1 aliphatic rings. The quantitative estimate of drug-likeness (QED) is 0.724. The topological polar surface area (TPSA) is 40.5 Å². The molecule has 2 aromatic rings. The summed E-state index contributed by atoms with van der Waals surface area (Å²) >= 11 is 0. The number of hydrogen-bond donors (Lipinski definition) is 2. The van der Waals surface area contributed by atoms with Crippen molar-refractivity contribution in [3.8, 4) is 11.5 Å². The van der Waals surface area contributed by atoms with Crippen molar-refractivity contribution in [2.75, 3.05) is 0 Å². The van der Waals surface area contributed by atoms with Gasteiger partial charge in [0.05, 0.1) is 0 Å². The van der Waals surface area contributed by atoms with Gasteiger partial charge in [0.15, 0.2) is 0 Å². The van der Waals surface area contributed by atoms with Gasteiger partial charge in [0.25, 0.3) is 0 Å². The lowest BCUT2D eigenvalue weighted by atomic mass is 9.72. The first-order valence-electron chi connectivity index (χ1n) is 5.97. The van der Waals surface area contributed by atoms with Crippen LogP contribution in [-0.2, 0) is 11.8 Å². The van der Waals surface area contributed by atoms with Crippen molar-refractivity contribution in [1.82, 2.24) is 0 Å². The van der Waals surface area contributed by atoms with Crippen molar-refractivity contribution in [3.63, 3.8) is 0 Å². The fraction of sp³-hybridized carbons (Fsp3) is 0.333. The fourth-order valence-corrected chi connectivity index (χ4v) is 2.87. The molecule has 0 saturated carbocycles. The van der Waals surface area contributed by atoms with Gasteiger partial charge in [-0.3, -0.25) is 0 Å². The van der Waals surface area contributed by atoms with Crippen LogP contribution < -0.4 is 0 Å². The van der Waals surface area contributed by atoms with Crippen LogP contribution in [0.5, 0.6) is 11.5 Å². The lowest BCUT2D eigenvalue weighted by molar-refractivity contribution is 0.437. The summed E-state index contributed by atoms with van der Waals surface area (Å²) < 4.78 is 0. The predicted octanol–water partition coefficient (Wildman–Crippen LogP) is 3.47. The van der Waals surface area contributed by atoms with Gasteiger partial charge in [-0.05, 0) is 52.8 Å². The molecular formula is C15H16O2. The number of rotatable bonds is 0. The van der Waals surface area contributed by atoms with Gasteiger partial charge in [0.2, 0.25) is 0 Å². The molecule has 0 fully saturated rings. The van der Waals surface area contributed by atoms with Crippen LogP contribution in [0.4, 0.5) is 0 Å². The van der Waals surface area contributed by atoms with Crippen molar-refractivity contribution >= 4 is 10.8 Å². The largest absolute Gasteiger partial charge is 0.508 e. The molecule has 88 valence electrons. The molecule has 0 atom stereocenters. The Morgan fingerprint density at radius 2 is 1.88 bits per heavy atom. The Hall–Kier alpha value is -1.70. The SMILES string of the molecule is CC1(C)CCc2c(O)ccc3cc(O)cc1c23. The summed E-state index contributed by atoms with van der Waals surface area (Å²) in [6, 6.07) is 7.20. The zero-order valence-electron chi connectivity index (χ0n) is 10.1. The maximum Gasteiger partial charge on any atom is 0.119 e. The molecule has 0 aromatic heterocycles. The minimum Gasteiger partial charge on any atom is -0.508 e. The van der Waals surface area contributed by atoms with Gasteiger partial charge in [-0.15, -0.1) is 0 Å². The molecular weight excluding hydrogens is 212 g/mol. The molecule has 0 heterocycles. The summed E-state index contributed by atoms with van der Waals surface area (Å²) in [4.78, 5) is 0. The third kappa shape index (κ3) is 1.40. The number of aromatic hydroxyl groups is 2. The van der Waals surface area contributed by atoms with Crippen molar-refractivity contribution in [3.05, 3.63) is 35.4 Å². The van der Waals surface area contributed by atoms with E-state index < -0.39 is 0 Å². The summed E-state index contributed by atoms with van der Waals surface area (Å²) in [6.07, 6.45) is 1.89. The molecule has 0 bridgehead atoms. The van der Waals surface area contributed by atoms with E-state index in [1.54, 1.807) is 12.1 Å². The van der Waals surface area contributed by atoms with Crippen molar-refractivity contribution in [2.24, 2.45) is 0 Å². The van der Waals surface area contributed by atoms with Crippen molar-refractivity contribution < 1.29 is 10.2 Å². The number of phenolic OH excluding ortho intramolecular Hbond substituents is 2. The lowest BCUT2D eigenvalue weighted by Gasteiger charge is -2.32. The van der Waals surface area contributed by atoms with Gasteiger partial charge in [0.1, 0.15) is 11.5 Å². The van der Waals surface area contributed by atoms with E-state index in [0.717, 1.165) is 34.7 Å². The smallest absolute Gasteiger partial charge is 0.119 e. The summed E-state index contributed by atoms with van der Waals surface area (Å²) in [6.45, 7) is 4.38. The van der Waals surface area contributed by atoms with Crippen LogP contribution in [-0.4, -0.2) is 10.2 Å². The van der Waals surface area contributed by atoms with E-state index in [1.165, 1.54) is 0 Å². The number of aryl methyl sites for hydroxylation is 1. The molecule has 2 aromatic carbocycles. The van der Waals surface area contributed by atoms with Crippen LogP contribution in [0, 0.1) is 0 Å². The summed E-state index contributed by atoms with van der Waals surface area (Å²) in [5, 5.41) is 21.9. The van der Waals surface area contributed by atoms with Crippen LogP contribution in [0.25, 0.3) is 10.8 Å². The van der Waals surface area contributed by atoms with E-state index in [1.807, 2.05) is 12.1 Å². The average molecular weight is 228 g/mol. The molecule has 0 radical (unpaired) electrons. The second-order valence-electron chi connectivity index (χ2n) is 5.54. The normalized spacial score (nSPS) is 17.3. The van der Waals surface area contributed by atoms with E-state index in [2.05, 4.69) is 13.8 Å². The number of benzene rings is 2. The highest BCUT2D eigenvalue weighted by Crippen LogP contribution is 2.44. The Morgan fingerprint density at radius 3 is 2.65 bits per heavy atom. The second kappa shape index (κ2) is 3.16. The summed E-state index contributed by atoms with van der Waals surface area (Å²) in [5.74, 6) is 0.680. The number of hydrogen-bond acceptors (Lipinski definition) is 2. The predicted molar refractivity (Wildman–Crippen MR) is 68.6 cm³/mol. The van der Waals surface area contributed by atoms with E-state index in [9.17, 15) is 10.2 Å². The fourth-order valence-electron chi connectivity index (χ4n) is 2.87. The Labute approximate surface area is 101 Å². The summed E-state index contributed by atoms with van der Waals surface area (Å²) in [5.41, 5.74) is 2.22. The third-order valence-corrected chi connectivity index (χ3v) is 3.91. The molecule has 2 N–H and O–H groups in total. The average Bonchev–Trinajstić information content (AvgIpc) is 2.26. The minimum atomic E-state index is 0.0534. The van der Waals surface area contributed by atoms with Crippen LogP contribution >= 0.6 is 0 Å². The lowest BCUT2D eigenvalue weighted by Crippen LogP contribution is -2.22. The van der Waals surface area contributed by atoms with Crippen LogP contribution in [0.3, 0.4) is 0 Å². The molecule has 0 unspecified atom stereocenters. The highest BCUT2D eigenvalue weighted by atomic mass is 16.3. The molecule has 0 aliphatic heterocycles. The first-order valence-corrected chi connectivity index (χ1v) is 5.97. The van der Waals surface area contributed by atoms with Gasteiger partial charge in [-0.25, -0.2) is 0 Å². The first kappa shape index (κ1) is 10.5. The van der Waals surface area contributed by atoms with E-state index in [-0.39, 0.29) is 5.41 Å². The Balaban J connectivity index is 2.50. The van der Waals surface area contributed by atoms with Crippen molar-refractivity contribution in [1.29, 1.82) is 0 Å². The van der Waals surface area contributed by atoms with Gasteiger partial charge < -0.3 is 10.2 Å². The molecule has 0 saturated heterocycles. The molecule has 0 amide bonds. The van der Waals surface area contributed by atoms with Crippen LogP contribution in [0.1, 0.15) is 31.4 Å². The van der Waals surface area contributed by atoms with Gasteiger partial charge in [-0.2, -0.15) is 0 Å². The molecule has 2 nitrogen and oxygen atoms in total. The maximum atomic E-state index is 9.94. The zero-order chi connectivity index (χ0) is 12.2. The Morgan fingerprint density at radius 1 is 1.12 bits per heavy atom. The van der Waals surface area contributed by atoms with Crippen LogP contribution in [0.2, 0.25) is 0 Å². The van der Waals surface area contributed by atoms with E-state index >= 15 is 0 Å². The molecule has 1 aliphatic carbocycles. The van der Waals surface area contributed by atoms with Gasteiger partial charge in [0, 0.05) is 5.56 Å². The molecule has 17 heavy (non-hydrogen) atoms. The maximum absolute atomic E-state index is 9.94. The monoisotopic (exact) mass is 228 g/mol. The van der Waals surface area contributed by atoms with Crippen LogP contribution in [0.15, 0.2) is 24.3 Å². The van der Waals surface area contributed by atoms with Gasteiger partial charge in [-0.1, -0.05) is 19.9 Å².